The summed E-state index contributed by atoms with van der Waals surface area (Å²) in [5, 5.41) is 27.7. The first kappa shape index (κ1) is 27.8. The average molecular weight is 496 g/mol. The van der Waals surface area contributed by atoms with Gasteiger partial charge in [0.05, 0.1) is 18.1 Å². The van der Waals surface area contributed by atoms with Gasteiger partial charge in [0.15, 0.2) is 0 Å². The third-order valence-electron chi connectivity index (χ3n) is 6.81. The van der Waals surface area contributed by atoms with Gasteiger partial charge in [-0.3, -0.25) is 14.5 Å². The second-order valence-corrected chi connectivity index (χ2v) is 10.4. The summed E-state index contributed by atoms with van der Waals surface area (Å²) < 4.78 is 0. The molecule has 0 bridgehead atoms. The van der Waals surface area contributed by atoms with Crippen LogP contribution in [-0.2, 0) is 17.8 Å². The van der Waals surface area contributed by atoms with Crippen LogP contribution < -0.4 is 10.6 Å². The zero-order chi connectivity index (χ0) is 26.1. The van der Waals surface area contributed by atoms with Gasteiger partial charge in [-0.05, 0) is 61.5 Å². The maximum Gasteiger partial charge on any atom is 0.251 e. The molecule has 0 aromatic heterocycles. The average Bonchev–Trinajstić information content (AvgIpc) is 3.39. The highest BCUT2D eigenvalue weighted by molar-refractivity contribution is 5.94. The lowest BCUT2D eigenvalue weighted by Gasteiger charge is -2.30. The number of nitrogens with zero attached hydrogens (tertiary/aromatic N) is 1. The predicted octanol–water partition coefficient (Wildman–Crippen LogP) is 2.75. The van der Waals surface area contributed by atoms with E-state index in [0.717, 1.165) is 30.8 Å². The quantitative estimate of drug-likeness (QED) is 0.363. The molecular weight excluding hydrogens is 454 g/mol. The zero-order valence-corrected chi connectivity index (χ0v) is 21.7. The molecule has 2 aromatic carbocycles. The lowest BCUT2D eigenvalue weighted by Crippen LogP contribution is -2.53. The maximum absolute atomic E-state index is 13.1. The zero-order valence-electron chi connectivity index (χ0n) is 21.7. The topological polar surface area (TPSA) is 102 Å². The number of amides is 2. The molecule has 1 heterocycles. The van der Waals surface area contributed by atoms with Gasteiger partial charge < -0.3 is 20.8 Å². The van der Waals surface area contributed by atoms with Crippen LogP contribution in [0.2, 0.25) is 0 Å². The van der Waals surface area contributed by atoms with Gasteiger partial charge in [0.25, 0.3) is 5.91 Å². The fourth-order valence-corrected chi connectivity index (χ4v) is 4.49. The maximum atomic E-state index is 13.1. The lowest BCUT2D eigenvalue weighted by atomic mass is 9.90. The van der Waals surface area contributed by atoms with Crippen LogP contribution in [0, 0.1) is 11.8 Å². The van der Waals surface area contributed by atoms with Crippen LogP contribution in [0.5, 0.6) is 0 Å². The third kappa shape index (κ3) is 8.15. The summed E-state index contributed by atoms with van der Waals surface area (Å²) in [7, 11) is 0. The van der Waals surface area contributed by atoms with Gasteiger partial charge in [-0.2, -0.15) is 0 Å². The Morgan fingerprint density at radius 3 is 2.14 bits per heavy atom. The largest absolute Gasteiger partial charge is 0.390 e. The highest BCUT2D eigenvalue weighted by Gasteiger charge is 2.34. The molecule has 1 aliphatic heterocycles. The molecule has 0 aliphatic carbocycles. The van der Waals surface area contributed by atoms with Crippen molar-refractivity contribution in [1.82, 2.24) is 15.5 Å². The molecule has 0 spiro atoms. The summed E-state index contributed by atoms with van der Waals surface area (Å²) in [5.41, 5.74) is 2.56. The van der Waals surface area contributed by atoms with Crippen LogP contribution >= 0.6 is 0 Å². The number of hydrogen-bond donors (Lipinski definition) is 4. The number of benzene rings is 2. The summed E-state index contributed by atoms with van der Waals surface area (Å²) in [5.74, 6) is -1.21. The van der Waals surface area contributed by atoms with Crippen molar-refractivity contribution in [2.45, 2.75) is 64.8 Å². The van der Waals surface area contributed by atoms with Crippen molar-refractivity contribution < 1.29 is 19.8 Å². The summed E-state index contributed by atoms with van der Waals surface area (Å²) in [4.78, 5) is 28.0. The molecule has 1 fully saturated rings. The Morgan fingerprint density at radius 2 is 1.53 bits per heavy atom. The van der Waals surface area contributed by atoms with Crippen LogP contribution in [-0.4, -0.2) is 64.8 Å². The first-order valence-corrected chi connectivity index (χ1v) is 13.0. The van der Waals surface area contributed by atoms with Crippen molar-refractivity contribution in [3.05, 3.63) is 71.3 Å². The fourth-order valence-electron chi connectivity index (χ4n) is 4.49. The molecule has 0 radical (unpaired) electrons. The van der Waals surface area contributed by atoms with E-state index in [1.54, 1.807) is 19.1 Å². The molecule has 1 saturated heterocycles. The number of aliphatic hydroxyl groups excluding tert-OH is 2. The molecule has 0 unspecified atom stereocenters. The van der Waals surface area contributed by atoms with Crippen molar-refractivity contribution >= 4 is 11.8 Å². The molecule has 7 nitrogen and oxygen atoms in total. The number of nitrogens with one attached hydrogen (secondary N) is 2. The third-order valence-corrected chi connectivity index (χ3v) is 6.81. The lowest BCUT2D eigenvalue weighted by molar-refractivity contribution is -0.131. The molecule has 0 saturated carbocycles. The summed E-state index contributed by atoms with van der Waals surface area (Å²) >= 11 is 0. The van der Waals surface area contributed by atoms with Gasteiger partial charge in [-0.25, -0.2) is 0 Å². The van der Waals surface area contributed by atoms with E-state index < -0.39 is 24.2 Å². The highest BCUT2D eigenvalue weighted by atomic mass is 16.3. The number of rotatable bonds is 12. The van der Waals surface area contributed by atoms with Crippen molar-refractivity contribution in [2.24, 2.45) is 11.8 Å². The van der Waals surface area contributed by atoms with Gasteiger partial charge in [-0.1, -0.05) is 63.2 Å². The molecular formula is C29H41N3O4. The molecule has 4 atom stereocenters. The van der Waals surface area contributed by atoms with Gasteiger partial charge in [-0.15, -0.1) is 0 Å². The Balaban J connectivity index is 1.69. The number of hydrogen-bond acceptors (Lipinski definition) is 5. The normalized spacial score (nSPS) is 17.4. The Hall–Kier alpha value is -2.74. The van der Waals surface area contributed by atoms with Crippen LogP contribution in [0.1, 0.15) is 55.1 Å². The monoisotopic (exact) mass is 495 g/mol. The minimum Gasteiger partial charge on any atom is -0.390 e. The van der Waals surface area contributed by atoms with Crippen LogP contribution in [0.15, 0.2) is 54.6 Å². The minimum atomic E-state index is -1.34. The van der Waals surface area contributed by atoms with E-state index in [-0.39, 0.29) is 17.7 Å². The van der Waals surface area contributed by atoms with E-state index in [4.69, 9.17) is 0 Å². The van der Waals surface area contributed by atoms with Gasteiger partial charge in [0.1, 0.15) is 6.10 Å². The number of carbonyl (C=O) groups is 2. The molecule has 2 amide bonds. The summed E-state index contributed by atoms with van der Waals surface area (Å²) in [6.07, 6.45) is 0.112. The summed E-state index contributed by atoms with van der Waals surface area (Å²) in [6.45, 7) is 9.14. The molecule has 36 heavy (non-hydrogen) atoms. The number of aliphatic hydroxyl groups is 2. The summed E-state index contributed by atoms with van der Waals surface area (Å²) in [6, 6.07) is 16.2. The van der Waals surface area contributed by atoms with Crippen LogP contribution in [0.3, 0.4) is 0 Å². The second kappa shape index (κ2) is 13.5. The molecule has 7 heteroatoms. The van der Waals surface area contributed by atoms with E-state index >= 15 is 0 Å². The van der Waals surface area contributed by atoms with E-state index in [2.05, 4.69) is 15.5 Å². The van der Waals surface area contributed by atoms with E-state index in [9.17, 15) is 19.8 Å². The molecule has 196 valence electrons. The van der Waals surface area contributed by atoms with Crippen molar-refractivity contribution in [1.29, 1.82) is 0 Å². The van der Waals surface area contributed by atoms with Gasteiger partial charge in [0, 0.05) is 18.7 Å². The molecule has 3 rings (SSSR count). The standard InChI is InChI=1S/C29H41N3O4/c1-20(2)18-30-28(35)21(3)26(33)27(34)25(17-22-9-5-4-6-10-22)31-29(36)24-13-11-23(12-14-24)19-32-15-7-8-16-32/h4-6,9-14,20-21,25-27,33-34H,7-8,15-19H2,1-3H3,(H,30,35)(H,31,36)/t21-,25+,26-,27-/m1/s1. The van der Waals surface area contributed by atoms with Crippen LogP contribution in [0.25, 0.3) is 0 Å². The molecule has 4 N–H and O–H groups in total. The SMILES string of the molecule is CC(C)CNC(=O)[C@H](C)[C@@H](O)[C@H](O)[C@H](Cc1ccccc1)NC(=O)c1ccc(CN2CCCC2)cc1. The smallest absolute Gasteiger partial charge is 0.251 e. The Morgan fingerprint density at radius 1 is 0.889 bits per heavy atom. The van der Waals surface area contributed by atoms with Crippen molar-refractivity contribution in [3.63, 3.8) is 0 Å². The molecule has 1 aliphatic rings. The Labute approximate surface area is 214 Å². The number of carbonyl (C=O) groups excluding carboxylic acids is 2. The molecule has 2 aromatic rings. The van der Waals surface area contributed by atoms with Crippen molar-refractivity contribution in [3.8, 4) is 0 Å². The predicted molar refractivity (Wildman–Crippen MR) is 141 cm³/mol. The highest BCUT2D eigenvalue weighted by Crippen LogP contribution is 2.17. The minimum absolute atomic E-state index is 0.273. The van der Waals surface area contributed by atoms with E-state index in [1.165, 1.54) is 12.8 Å². The Bertz CT molecular complexity index is 958. The van der Waals surface area contributed by atoms with Crippen LogP contribution in [0.4, 0.5) is 0 Å². The number of likely N-dealkylation sites (tertiary alicyclic amines) is 1. The van der Waals surface area contributed by atoms with Gasteiger partial charge >= 0.3 is 0 Å². The van der Waals surface area contributed by atoms with E-state index in [1.807, 2.05) is 56.3 Å². The van der Waals surface area contributed by atoms with E-state index in [0.29, 0.717) is 18.5 Å². The second-order valence-electron chi connectivity index (χ2n) is 10.4. The first-order chi connectivity index (χ1) is 17.2. The fraction of sp³-hybridized carbons (Fsp3) is 0.517. The van der Waals surface area contributed by atoms with Gasteiger partial charge in [0.2, 0.25) is 5.91 Å². The first-order valence-electron chi connectivity index (χ1n) is 13.0. The Kier molecular flexibility index (Phi) is 10.5. The van der Waals surface area contributed by atoms with Crippen molar-refractivity contribution in [2.75, 3.05) is 19.6 Å².